The summed E-state index contributed by atoms with van der Waals surface area (Å²) in [7, 11) is 0. The van der Waals surface area contributed by atoms with Gasteiger partial charge in [-0.1, -0.05) is 31.2 Å². The van der Waals surface area contributed by atoms with Crippen molar-refractivity contribution in [3.8, 4) is 0 Å². The van der Waals surface area contributed by atoms with Gasteiger partial charge in [0.05, 0.1) is 0 Å². The van der Waals surface area contributed by atoms with E-state index in [4.69, 9.17) is 0 Å². The van der Waals surface area contributed by atoms with E-state index in [1.165, 1.54) is 11.1 Å². The van der Waals surface area contributed by atoms with Crippen LogP contribution in [-0.4, -0.2) is 5.78 Å². The Balaban J connectivity index is 2.33. The van der Waals surface area contributed by atoms with Gasteiger partial charge >= 0.3 is 0 Å². The molecular weight excluding hydrogens is 160 g/mol. The third-order valence-electron chi connectivity index (χ3n) is 2.90. The topological polar surface area (TPSA) is 17.1 Å². The highest BCUT2D eigenvalue weighted by molar-refractivity contribution is 5.85. The average Bonchev–Trinajstić information content (AvgIpc) is 2.17. The first-order chi connectivity index (χ1) is 6.31. The highest BCUT2D eigenvalue weighted by Crippen LogP contribution is 2.24. The molecule has 0 aliphatic heterocycles. The molecule has 2 rings (SSSR count). The summed E-state index contributed by atoms with van der Waals surface area (Å²) in [5.41, 5.74) is 2.60. The van der Waals surface area contributed by atoms with Crippen LogP contribution in [0.3, 0.4) is 0 Å². The van der Waals surface area contributed by atoms with Crippen molar-refractivity contribution in [2.24, 2.45) is 5.92 Å². The van der Waals surface area contributed by atoms with E-state index in [2.05, 4.69) is 25.1 Å². The van der Waals surface area contributed by atoms with Crippen LogP contribution in [0.4, 0.5) is 0 Å². The first-order valence-corrected chi connectivity index (χ1v) is 4.90. The molecule has 0 heterocycles. The quantitative estimate of drug-likeness (QED) is 0.639. The lowest BCUT2D eigenvalue weighted by Gasteiger charge is -2.21. The van der Waals surface area contributed by atoms with E-state index in [0.29, 0.717) is 12.2 Å². The normalized spacial score (nSPS) is 21.3. The molecular formula is C12H14O. The minimum atomic E-state index is 0.273. The smallest absolute Gasteiger partial charge is 0.140 e. The van der Waals surface area contributed by atoms with E-state index >= 15 is 0 Å². The first-order valence-electron chi connectivity index (χ1n) is 4.90. The standard InChI is InChI=1S/C12H14O/c1-2-9-7-10-5-3-4-6-11(10)8-12(9)13/h3-6,9H,2,7-8H2,1H3. The minimum Gasteiger partial charge on any atom is -0.299 e. The van der Waals surface area contributed by atoms with E-state index in [-0.39, 0.29) is 5.92 Å². The Bertz CT molecular complexity index is 328. The SMILES string of the molecule is CCC1Cc2ccccc2CC1=O. The molecule has 1 heteroatoms. The molecule has 68 valence electrons. The molecule has 0 spiro atoms. The molecule has 0 N–H and O–H groups in total. The maximum Gasteiger partial charge on any atom is 0.140 e. The van der Waals surface area contributed by atoms with Crippen LogP contribution >= 0.6 is 0 Å². The molecule has 0 bridgehead atoms. The highest BCUT2D eigenvalue weighted by atomic mass is 16.1. The van der Waals surface area contributed by atoms with E-state index in [0.717, 1.165) is 12.8 Å². The third kappa shape index (κ3) is 1.51. The molecule has 1 atom stereocenters. The van der Waals surface area contributed by atoms with Crippen LogP contribution < -0.4 is 0 Å². The van der Waals surface area contributed by atoms with Gasteiger partial charge in [0.1, 0.15) is 5.78 Å². The van der Waals surface area contributed by atoms with Gasteiger partial charge in [-0.15, -0.1) is 0 Å². The van der Waals surface area contributed by atoms with Gasteiger partial charge in [-0.3, -0.25) is 4.79 Å². The fourth-order valence-corrected chi connectivity index (χ4v) is 2.01. The van der Waals surface area contributed by atoms with Crippen molar-refractivity contribution < 1.29 is 4.79 Å². The lowest BCUT2D eigenvalue weighted by atomic mass is 9.82. The maximum absolute atomic E-state index is 11.6. The molecule has 0 saturated heterocycles. The molecule has 1 aliphatic carbocycles. The Morgan fingerprint density at radius 3 is 2.69 bits per heavy atom. The Labute approximate surface area is 78.8 Å². The van der Waals surface area contributed by atoms with Crippen LogP contribution in [0.15, 0.2) is 24.3 Å². The van der Waals surface area contributed by atoms with Crippen LogP contribution in [0, 0.1) is 5.92 Å². The summed E-state index contributed by atoms with van der Waals surface area (Å²) in [5.74, 6) is 0.691. The fourth-order valence-electron chi connectivity index (χ4n) is 2.01. The summed E-state index contributed by atoms with van der Waals surface area (Å²) >= 11 is 0. The molecule has 0 saturated carbocycles. The number of benzene rings is 1. The zero-order valence-electron chi connectivity index (χ0n) is 7.92. The largest absolute Gasteiger partial charge is 0.299 e. The summed E-state index contributed by atoms with van der Waals surface area (Å²) < 4.78 is 0. The predicted molar refractivity (Wildman–Crippen MR) is 52.6 cm³/mol. The van der Waals surface area contributed by atoms with Crippen LogP contribution in [0.2, 0.25) is 0 Å². The van der Waals surface area contributed by atoms with Gasteiger partial charge in [0, 0.05) is 12.3 Å². The second kappa shape index (κ2) is 3.33. The Hall–Kier alpha value is -1.11. The van der Waals surface area contributed by atoms with Crippen molar-refractivity contribution in [2.45, 2.75) is 26.2 Å². The summed E-state index contributed by atoms with van der Waals surface area (Å²) in [4.78, 5) is 11.6. The maximum atomic E-state index is 11.6. The van der Waals surface area contributed by atoms with Crippen LogP contribution in [0.25, 0.3) is 0 Å². The number of ketones is 1. The van der Waals surface area contributed by atoms with Crippen molar-refractivity contribution >= 4 is 5.78 Å². The molecule has 1 aromatic rings. The second-order valence-electron chi connectivity index (χ2n) is 3.72. The number of carbonyl (C=O) groups excluding carboxylic acids is 1. The fraction of sp³-hybridized carbons (Fsp3) is 0.417. The molecule has 1 nitrogen and oxygen atoms in total. The Morgan fingerprint density at radius 2 is 2.00 bits per heavy atom. The Kier molecular flexibility index (Phi) is 2.17. The molecule has 1 aromatic carbocycles. The van der Waals surface area contributed by atoms with E-state index in [1.54, 1.807) is 0 Å². The van der Waals surface area contributed by atoms with Crippen LogP contribution in [0.5, 0.6) is 0 Å². The first kappa shape index (κ1) is 8.49. The lowest BCUT2D eigenvalue weighted by Crippen LogP contribution is -2.24. The van der Waals surface area contributed by atoms with Gasteiger partial charge in [0.25, 0.3) is 0 Å². The van der Waals surface area contributed by atoms with Gasteiger partial charge in [-0.25, -0.2) is 0 Å². The van der Waals surface area contributed by atoms with Gasteiger partial charge < -0.3 is 0 Å². The minimum absolute atomic E-state index is 0.273. The van der Waals surface area contributed by atoms with Crippen molar-refractivity contribution in [3.05, 3.63) is 35.4 Å². The summed E-state index contributed by atoms with van der Waals surface area (Å²) in [5, 5.41) is 0. The molecule has 0 radical (unpaired) electrons. The van der Waals surface area contributed by atoms with Gasteiger partial charge in [-0.05, 0) is 24.0 Å². The molecule has 1 aliphatic rings. The molecule has 13 heavy (non-hydrogen) atoms. The van der Waals surface area contributed by atoms with Gasteiger partial charge in [0.2, 0.25) is 0 Å². The number of fused-ring (bicyclic) bond motifs is 1. The number of Topliss-reactive ketones (excluding diaryl/α,β-unsaturated/α-hetero) is 1. The molecule has 0 aromatic heterocycles. The van der Waals surface area contributed by atoms with E-state index in [9.17, 15) is 4.79 Å². The summed E-state index contributed by atoms with van der Waals surface area (Å²) in [6.45, 7) is 2.09. The summed E-state index contributed by atoms with van der Waals surface area (Å²) in [6.07, 6.45) is 2.58. The van der Waals surface area contributed by atoms with Gasteiger partial charge in [0.15, 0.2) is 0 Å². The molecule has 0 fully saturated rings. The average molecular weight is 174 g/mol. The third-order valence-corrected chi connectivity index (χ3v) is 2.90. The van der Waals surface area contributed by atoms with Crippen molar-refractivity contribution in [3.63, 3.8) is 0 Å². The van der Waals surface area contributed by atoms with E-state index < -0.39 is 0 Å². The monoisotopic (exact) mass is 174 g/mol. The van der Waals surface area contributed by atoms with E-state index in [1.807, 2.05) is 6.07 Å². The second-order valence-corrected chi connectivity index (χ2v) is 3.72. The number of hydrogen-bond donors (Lipinski definition) is 0. The molecule has 0 amide bonds. The number of carbonyl (C=O) groups is 1. The lowest BCUT2D eigenvalue weighted by molar-refractivity contribution is -0.122. The Morgan fingerprint density at radius 1 is 1.31 bits per heavy atom. The van der Waals surface area contributed by atoms with Crippen LogP contribution in [0.1, 0.15) is 24.5 Å². The number of hydrogen-bond acceptors (Lipinski definition) is 1. The van der Waals surface area contributed by atoms with Crippen molar-refractivity contribution in [2.75, 3.05) is 0 Å². The van der Waals surface area contributed by atoms with Crippen LogP contribution in [-0.2, 0) is 17.6 Å². The highest BCUT2D eigenvalue weighted by Gasteiger charge is 2.23. The molecule has 1 unspecified atom stereocenters. The van der Waals surface area contributed by atoms with Crippen molar-refractivity contribution in [1.82, 2.24) is 0 Å². The van der Waals surface area contributed by atoms with Gasteiger partial charge in [-0.2, -0.15) is 0 Å². The number of rotatable bonds is 1. The summed E-state index contributed by atoms with van der Waals surface area (Å²) in [6, 6.07) is 8.28. The predicted octanol–water partition coefficient (Wildman–Crippen LogP) is 2.38. The van der Waals surface area contributed by atoms with Crippen molar-refractivity contribution in [1.29, 1.82) is 0 Å². The zero-order valence-corrected chi connectivity index (χ0v) is 7.92. The zero-order chi connectivity index (χ0) is 9.26.